The van der Waals surface area contributed by atoms with Gasteiger partial charge in [0.15, 0.2) is 0 Å². The summed E-state index contributed by atoms with van der Waals surface area (Å²) in [5.41, 5.74) is 8.32. The van der Waals surface area contributed by atoms with Gasteiger partial charge in [0.05, 0.1) is 6.04 Å². The molecule has 0 spiro atoms. The smallest absolute Gasteiger partial charge is 0.0661 e. The molecule has 2 nitrogen and oxygen atoms in total. The Balaban J connectivity index is 2.31. The Morgan fingerprint density at radius 1 is 1.05 bits per heavy atom. The Morgan fingerprint density at radius 2 is 1.74 bits per heavy atom. The number of hydrogen-bond donors (Lipinski definition) is 1. The molecule has 1 atom stereocenters. The molecule has 0 aromatic heterocycles. The quantitative estimate of drug-likeness (QED) is 0.850. The van der Waals surface area contributed by atoms with E-state index in [0.29, 0.717) is 6.54 Å². The zero-order chi connectivity index (χ0) is 13.8. The van der Waals surface area contributed by atoms with Crippen LogP contribution in [0.2, 0.25) is 0 Å². The molecule has 0 radical (unpaired) electrons. The molecule has 2 rings (SSSR count). The minimum absolute atomic E-state index is 0.159. The van der Waals surface area contributed by atoms with Crippen LogP contribution in [-0.4, -0.2) is 13.6 Å². The molecular formula is C15H16Br2N2. The first kappa shape index (κ1) is 14.6. The molecule has 2 aromatic carbocycles. The molecule has 0 fully saturated rings. The van der Waals surface area contributed by atoms with Crippen molar-refractivity contribution in [3.63, 3.8) is 0 Å². The molecule has 0 aliphatic rings. The largest absolute Gasteiger partial charge is 0.366 e. The maximum Gasteiger partial charge on any atom is 0.0661 e. The maximum atomic E-state index is 5.96. The Labute approximate surface area is 130 Å². The van der Waals surface area contributed by atoms with Crippen molar-refractivity contribution in [2.24, 2.45) is 5.73 Å². The third-order valence-corrected chi connectivity index (χ3v) is 5.06. The van der Waals surface area contributed by atoms with Crippen molar-refractivity contribution in [2.75, 3.05) is 18.5 Å². The van der Waals surface area contributed by atoms with E-state index in [1.165, 1.54) is 5.56 Å². The molecule has 0 saturated carbocycles. The van der Waals surface area contributed by atoms with E-state index in [9.17, 15) is 0 Å². The van der Waals surface area contributed by atoms with Gasteiger partial charge in [-0.05, 0) is 61.7 Å². The third-order valence-electron chi connectivity index (χ3n) is 3.18. The first-order chi connectivity index (χ1) is 9.13. The van der Waals surface area contributed by atoms with E-state index in [0.717, 1.165) is 14.6 Å². The van der Waals surface area contributed by atoms with Crippen LogP contribution in [0, 0.1) is 0 Å². The van der Waals surface area contributed by atoms with Gasteiger partial charge in [-0.3, -0.25) is 0 Å². The van der Waals surface area contributed by atoms with Gasteiger partial charge in [-0.2, -0.15) is 0 Å². The average molecular weight is 384 g/mol. The van der Waals surface area contributed by atoms with E-state index in [1.807, 2.05) is 24.3 Å². The van der Waals surface area contributed by atoms with Crippen LogP contribution in [0.25, 0.3) is 0 Å². The second-order valence-electron chi connectivity index (χ2n) is 4.37. The summed E-state index contributed by atoms with van der Waals surface area (Å²) in [7, 11) is 2.07. The summed E-state index contributed by atoms with van der Waals surface area (Å²) in [6, 6.07) is 16.7. The van der Waals surface area contributed by atoms with Crippen LogP contribution in [0.4, 0.5) is 5.69 Å². The average Bonchev–Trinajstić information content (AvgIpc) is 2.44. The van der Waals surface area contributed by atoms with E-state index in [-0.39, 0.29) is 6.04 Å². The minimum atomic E-state index is 0.159. The molecule has 1 unspecified atom stereocenters. The van der Waals surface area contributed by atoms with Gasteiger partial charge in [-0.25, -0.2) is 0 Å². The van der Waals surface area contributed by atoms with Crippen molar-refractivity contribution in [1.29, 1.82) is 0 Å². The van der Waals surface area contributed by atoms with Crippen molar-refractivity contribution in [1.82, 2.24) is 0 Å². The summed E-state index contributed by atoms with van der Waals surface area (Å²) >= 11 is 7.03. The van der Waals surface area contributed by atoms with Gasteiger partial charge in [0.2, 0.25) is 0 Å². The summed E-state index contributed by atoms with van der Waals surface area (Å²) in [6.07, 6.45) is 0. The Bertz CT molecular complexity index is 543. The normalized spacial score (nSPS) is 12.2. The van der Waals surface area contributed by atoms with Crippen molar-refractivity contribution < 1.29 is 0 Å². The van der Waals surface area contributed by atoms with Crippen LogP contribution < -0.4 is 10.6 Å². The lowest BCUT2D eigenvalue weighted by atomic mass is 10.1. The first-order valence-corrected chi connectivity index (χ1v) is 7.65. The zero-order valence-electron chi connectivity index (χ0n) is 10.7. The van der Waals surface area contributed by atoms with Crippen LogP contribution in [-0.2, 0) is 0 Å². The van der Waals surface area contributed by atoms with Crippen LogP contribution in [0.5, 0.6) is 0 Å². The summed E-state index contributed by atoms with van der Waals surface area (Å²) in [4.78, 5) is 2.20. The SMILES string of the molecule is CN(c1ccccc1)C(CN)c1ccc(Br)c(Br)c1. The molecule has 0 heterocycles. The van der Waals surface area contributed by atoms with Crippen LogP contribution in [0.1, 0.15) is 11.6 Å². The fourth-order valence-corrected chi connectivity index (χ4v) is 2.72. The lowest BCUT2D eigenvalue weighted by molar-refractivity contribution is 0.680. The molecule has 4 heteroatoms. The number of anilines is 1. The van der Waals surface area contributed by atoms with Gasteiger partial charge >= 0.3 is 0 Å². The molecule has 19 heavy (non-hydrogen) atoms. The minimum Gasteiger partial charge on any atom is -0.366 e. The highest BCUT2D eigenvalue weighted by Gasteiger charge is 2.16. The highest BCUT2D eigenvalue weighted by molar-refractivity contribution is 9.13. The summed E-state index contributed by atoms with van der Waals surface area (Å²) in [5, 5.41) is 0. The van der Waals surface area contributed by atoms with Crippen LogP contribution >= 0.6 is 31.9 Å². The van der Waals surface area contributed by atoms with Gasteiger partial charge in [-0.1, -0.05) is 24.3 Å². The van der Waals surface area contributed by atoms with Gasteiger partial charge in [0, 0.05) is 28.2 Å². The van der Waals surface area contributed by atoms with Crippen molar-refractivity contribution in [3.8, 4) is 0 Å². The fraction of sp³-hybridized carbons (Fsp3) is 0.200. The molecule has 100 valence electrons. The number of nitrogens with two attached hydrogens (primary N) is 1. The molecule has 2 aromatic rings. The highest BCUT2D eigenvalue weighted by atomic mass is 79.9. The topological polar surface area (TPSA) is 29.3 Å². The van der Waals surface area contributed by atoms with E-state index < -0.39 is 0 Å². The predicted molar refractivity (Wildman–Crippen MR) is 88.5 cm³/mol. The highest BCUT2D eigenvalue weighted by Crippen LogP contribution is 2.30. The molecular weight excluding hydrogens is 368 g/mol. The third kappa shape index (κ3) is 3.38. The van der Waals surface area contributed by atoms with E-state index in [4.69, 9.17) is 5.73 Å². The molecule has 0 saturated heterocycles. The number of nitrogens with zero attached hydrogens (tertiary/aromatic N) is 1. The van der Waals surface area contributed by atoms with Crippen LogP contribution in [0.15, 0.2) is 57.5 Å². The summed E-state index contributed by atoms with van der Waals surface area (Å²) in [6.45, 7) is 0.569. The second kappa shape index (κ2) is 6.55. The number of likely N-dealkylation sites (N-methyl/N-ethyl adjacent to an activating group) is 1. The lowest BCUT2D eigenvalue weighted by Gasteiger charge is -2.29. The number of benzene rings is 2. The van der Waals surface area contributed by atoms with Crippen molar-refractivity contribution in [3.05, 3.63) is 63.0 Å². The second-order valence-corrected chi connectivity index (χ2v) is 6.08. The lowest BCUT2D eigenvalue weighted by Crippen LogP contribution is -2.30. The molecule has 0 amide bonds. The molecule has 0 bridgehead atoms. The summed E-state index contributed by atoms with van der Waals surface area (Å²) < 4.78 is 2.10. The molecule has 0 aliphatic heterocycles. The maximum absolute atomic E-state index is 5.96. The van der Waals surface area contributed by atoms with E-state index in [2.05, 4.69) is 68.1 Å². The molecule has 0 aliphatic carbocycles. The van der Waals surface area contributed by atoms with Crippen LogP contribution in [0.3, 0.4) is 0 Å². The predicted octanol–water partition coefficient (Wildman–Crippen LogP) is 4.35. The fourth-order valence-electron chi connectivity index (χ4n) is 2.08. The number of halogens is 2. The van der Waals surface area contributed by atoms with Crippen molar-refractivity contribution >= 4 is 37.5 Å². The van der Waals surface area contributed by atoms with Crippen molar-refractivity contribution in [2.45, 2.75) is 6.04 Å². The number of hydrogen-bond acceptors (Lipinski definition) is 2. The Hall–Kier alpha value is -0.840. The van der Waals surface area contributed by atoms with Gasteiger partial charge < -0.3 is 10.6 Å². The zero-order valence-corrected chi connectivity index (χ0v) is 13.9. The van der Waals surface area contributed by atoms with Gasteiger partial charge in [0.1, 0.15) is 0 Å². The van der Waals surface area contributed by atoms with E-state index in [1.54, 1.807) is 0 Å². The number of para-hydroxylation sites is 1. The standard InChI is InChI=1S/C15H16Br2N2/c1-19(12-5-3-2-4-6-12)15(10-18)11-7-8-13(16)14(17)9-11/h2-9,15H,10,18H2,1H3. The first-order valence-electron chi connectivity index (χ1n) is 6.06. The summed E-state index contributed by atoms with van der Waals surface area (Å²) in [5.74, 6) is 0. The Morgan fingerprint density at radius 3 is 2.32 bits per heavy atom. The Kier molecular flexibility index (Phi) is 5.02. The number of rotatable bonds is 4. The monoisotopic (exact) mass is 382 g/mol. The van der Waals surface area contributed by atoms with Gasteiger partial charge in [0.25, 0.3) is 0 Å². The molecule has 2 N–H and O–H groups in total. The van der Waals surface area contributed by atoms with E-state index >= 15 is 0 Å². The van der Waals surface area contributed by atoms with Gasteiger partial charge in [-0.15, -0.1) is 0 Å².